The number of ether oxygens (including phenoxy) is 2. The molecule has 200 valence electrons. The maximum atomic E-state index is 14.3. The van der Waals surface area contributed by atoms with E-state index in [0.29, 0.717) is 49.1 Å². The van der Waals surface area contributed by atoms with Crippen molar-refractivity contribution in [3.8, 4) is 0 Å². The van der Waals surface area contributed by atoms with Crippen LogP contribution in [-0.4, -0.2) is 86.3 Å². The van der Waals surface area contributed by atoms with Gasteiger partial charge in [0.1, 0.15) is 11.6 Å². The predicted octanol–water partition coefficient (Wildman–Crippen LogP) is 3.35. The SMILES string of the molecule is O=S(=O)(c1ccc2c(c1)nc(SCc1ccc(F)cc1F)n2CCCN1CCOCC1)N1CCOCC1. The van der Waals surface area contributed by atoms with Crippen molar-refractivity contribution in [1.29, 1.82) is 0 Å². The van der Waals surface area contributed by atoms with Gasteiger partial charge in [0.2, 0.25) is 10.0 Å². The number of rotatable bonds is 9. The molecule has 37 heavy (non-hydrogen) atoms. The van der Waals surface area contributed by atoms with E-state index in [4.69, 9.17) is 14.5 Å². The zero-order chi connectivity index (χ0) is 25.8. The quantitative estimate of drug-likeness (QED) is 0.377. The van der Waals surface area contributed by atoms with Crippen LogP contribution in [0.25, 0.3) is 11.0 Å². The fourth-order valence-corrected chi connectivity index (χ4v) is 7.02. The highest BCUT2D eigenvalue weighted by Gasteiger charge is 2.27. The number of fused-ring (bicyclic) bond motifs is 1. The van der Waals surface area contributed by atoms with Gasteiger partial charge in [0, 0.05) is 51.1 Å². The van der Waals surface area contributed by atoms with Crippen molar-refractivity contribution in [3.63, 3.8) is 0 Å². The Morgan fingerprint density at radius 3 is 2.38 bits per heavy atom. The minimum atomic E-state index is -3.66. The maximum absolute atomic E-state index is 14.3. The van der Waals surface area contributed by atoms with Gasteiger partial charge in [0.05, 0.1) is 42.4 Å². The van der Waals surface area contributed by atoms with E-state index in [9.17, 15) is 17.2 Å². The van der Waals surface area contributed by atoms with E-state index in [1.807, 2.05) is 0 Å². The van der Waals surface area contributed by atoms with Crippen LogP contribution in [0.15, 0.2) is 46.5 Å². The average molecular weight is 553 g/mol. The van der Waals surface area contributed by atoms with Gasteiger partial charge in [-0.05, 0) is 36.2 Å². The first-order chi connectivity index (χ1) is 17.9. The first-order valence-electron chi connectivity index (χ1n) is 12.4. The molecule has 1 aromatic heterocycles. The van der Waals surface area contributed by atoms with Gasteiger partial charge in [-0.1, -0.05) is 17.8 Å². The Balaban J connectivity index is 1.41. The Morgan fingerprint density at radius 1 is 0.919 bits per heavy atom. The van der Waals surface area contributed by atoms with Crippen molar-refractivity contribution in [2.75, 3.05) is 59.2 Å². The number of aryl methyl sites for hydroxylation is 1. The molecule has 3 heterocycles. The first-order valence-corrected chi connectivity index (χ1v) is 14.8. The summed E-state index contributed by atoms with van der Waals surface area (Å²) in [6.45, 7) is 6.25. The van der Waals surface area contributed by atoms with Crippen molar-refractivity contribution >= 4 is 32.8 Å². The molecule has 0 atom stereocenters. The highest BCUT2D eigenvalue weighted by atomic mass is 32.2. The Labute approximate surface area is 219 Å². The molecular weight excluding hydrogens is 522 g/mol. The number of hydrogen-bond acceptors (Lipinski definition) is 7. The number of hydrogen-bond donors (Lipinski definition) is 0. The zero-order valence-corrected chi connectivity index (χ0v) is 22.1. The van der Waals surface area contributed by atoms with Crippen molar-refractivity contribution < 1.29 is 26.7 Å². The minimum absolute atomic E-state index is 0.195. The Morgan fingerprint density at radius 2 is 1.65 bits per heavy atom. The van der Waals surface area contributed by atoms with Crippen LogP contribution in [0.5, 0.6) is 0 Å². The molecular formula is C25H30F2N4O4S2. The molecule has 2 aliphatic heterocycles. The van der Waals surface area contributed by atoms with E-state index < -0.39 is 21.7 Å². The summed E-state index contributed by atoms with van der Waals surface area (Å²) in [5.41, 5.74) is 1.78. The van der Waals surface area contributed by atoms with E-state index in [2.05, 4.69) is 9.47 Å². The molecule has 3 aromatic rings. The van der Waals surface area contributed by atoms with Gasteiger partial charge in [-0.25, -0.2) is 22.2 Å². The Bertz CT molecular complexity index is 1340. The van der Waals surface area contributed by atoms with Crippen LogP contribution in [0.1, 0.15) is 12.0 Å². The average Bonchev–Trinajstić information content (AvgIpc) is 3.26. The number of thioether (sulfide) groups is 1. The maximum Gasteiger partial charge on any atom is 0.243 e. The highest BCUT2D eigenvalue weighted by Crippen LogP contribution is 2.30. The van der Waals surface area contributed by atoms with Gasteiger partial charge in [0.15, 0.2) is 5.16 Å². The van der Waals surface area contributed by atoms with E-state index >= 15 is 0 Å². The number of imidazole rings is 1. The molecule has 0 radical (unpaired) electrons. The minimum Gasteiger partial charge on any atom is -0.379 e. The van der Waals surface area contributed by atoms with Crippen LogP contribution in [0.4, 0.5) is 8.78 Å². The Hall–Kier alpha value is -2.09. The highest BCUT2D eigenvalue weighted by molar-refractivity contribution is 7.98. The van der Waals surface area contributed by atoms with E-state index in [1.165, 1.54) is 28.2 Å². The van der Waals surface area contributed by atoms with E-state index in [-0.39, 0.29) is 10.6 Å². The number of morpholine rings is 2. The fourth-order valence-electron chi connectivity index (χ4n) is 4.57. The summed E-state index contributed by atoms with van der Waals surface area (Å²) in [4.78, 5) is 7.30. The summed E-state index contributed by atoms with van der Waals surface area (Å²) in [5, 5.41) is 0.668. The molecule has 12 heteroatoms. The van der Waals surface area contributed by atoms with Crippen LogP contribution in [0, 0.1) is 11.6 Å². The van der Waals surface area contributed by atoms with Gasteiger partial charge in [-0.2, -0.15) is 4.31 Å². The molecule has 2 aromatic carbocycles. The number of aromatic nitrogens is 2. The summed E-state index contributed by atoms with van der Waals surface area (Å²) in [6, 6.07) is 8.60. The third-order valence-corrected chi connectivity index (χ3v) is 9.54. The number of sulfonamides is 1. The number of benzene rings is 2. The molecule has 0 spiro atoms. The van der Waals surface area contributed by atoms with Crippen molar-refractivity contribution in [2.24, 2.45) is 0 Å². The summed E-state index contributed by atoms with van der Waals surface area (Å²) in [5.74, 6) is -0.936. The van der Waals surface area contributed by atoms with Gasteiger partial charge >= 0.3 is 0 Å². The molecule has 2 aliphatic rings. The smallest absolute Gasteiger partial charge is 0.243 e. The molecule has 0 amide bonds. The number of nitrogens with zero attached hydrogens (tertiary/aromatic N) is 4. The molecule has 0 bridgehead atoms. The second-order valence-corrected chi connectivity index (χ2v) is 11.9. The van der Waals surface area contributed by atoms with Crippen LogP contribution < -0.4 is 0 Å². The van der Waals surface area contributed by atoms with Crippen LogP contribution >= 0.6 is 11.8 Å². The fraction of sp³-hybridized carbons (Fsp3) is 0.480. The molecule has 5 rings (SSSR count). The van der Waals surface area contributed by atoms with Gasteiger partial charge in [0.25, 0.3) is 0 Å². The Kier molecular flexibility index (Phi) is 8.42. The van der Waals surface area contributed by atoms with Gasteiger partial charge in [-0.15, -0.1) is 0 Å². The lowest BCUT2D eigenvalue weighted by molar-refractivity contribution is 0.0369. The second kappa shape index (κ2) is 11.7. The predicted molar refractivity (Wildman–Crippen MR) is 137 cm³/mol. The third kappa shape index (κ3) is 6.15. The molecule has 0 aliphatic carbocycles. The molecule has 8 nitrogen and oxygen atoms in total. The summed E-state index contributed by atoms with van der Waals surface area (Å²) in [6.07, 6.45) is 0.873. The monoisotopic (exact) mass is 552 g/mol. The number of halogens is 2. The normalized spacial score (nSPS) is 18.0. The van der Waals surface area contributed by atoms with Crippen LogP contribution in [0.2, 0.25) is 0 Å². The van der Waals surface area contributed by atoms with Gasteiger partial charge < -0.3 is 14.0 Å². The van der Waals surface area contributed by atoms with Gasteiger partial charge in [-0.3, -0.25) is 4.90 Å². The van der Waals surface area contributed by atoms with Crippen LogP contribution in [0.3, 0.4) is 0 Å². The van der Waals surface area contributed by atoms with Crippen molar-refractivity contribution in [2.45, 2.75) is 28.8 Å². The molecule has 0 N–H and O–H groups in total. The largest absolute Gasteiger partial charge is 0.379 e. The molecule has 0 saturated carbocycles. The third-order valence-electron chi connectivity index (χ3n) is 6.62. The lowest BCUT2D eigenvalue weighted by Crippen LogP contribution is -2.40. The lowest BCUT2D eigenvalue weighted by Gasteiger charge is -2.26. The summed E-state index contributed by atoms with van der Waals surface area (Å²) >= 11 is 1.35. The standard InChI is InChI=1S/C25H30F2N4O4S2/c26-20-3-2-19(22(27)16-20)18-36-25-28-23-17-21(37(32,33)30-10-14-35-15-11-30)4-5-24(23)31(25)7-1-6-29-8-12-34-13-9-29/h2-5,16-17H,1,6-15,18H2. The van der Waals surface area contributed by atoms with E-state index in [1.54, 1.807) is 18.2 Å². The lowest BCUT2D eigenvalue weighted by atomic mass is 10.2. The van der Waals surface area contributed by atoms with Crippen LogP contribution in [-0.2, 0) is 31.8 Å². The van der Waals surface area contributed by atoms with E-state index in [0.717, 1.165) is 50.9 Å². The van der Waals surface area contributed by atoms with Crippen molar-refractivity contribution in [3.05, 3.63) is 53.6 Å². The second-order valence-electron chi connectivity index (χ2n) is 9.04. The topological polar surface area (TPSA) is 76.9 Å². The molecule has 0 unspecified atom stereocenters. The summed E-state index contributed by atoms with van der Waals surface area (Å²) < 4.78 is 68.2. The molecule has 2 fully saturated rings. The summed E-state index contributed by atoms with van der Waals surface area (Å²) in [7, 11) is -3.66. The first kappa shape index (κ1) is 26.5. The zero-order valence-electron chi connectivity index (χ0n) is 20.4. The molecule has 2 saturated heterocycles. The van der Waals surface area contributed by atoms with Crippen molar-refractivity contribution in [1.82, 2.24) is 18.8 Å².